The van der Waals surface area contributed by atoms with Gasteiger partial charge in [-0.05, 0) is 18.1 Å². The van der Waals surface area contributed by atoms with Crippen LogP contribution < -0.4 is 0 Å². The molecule has 0 spiro atoms. The number of hydrogen-bond donors (Lipinski definition) is 0. The van der Waals surface area contributed by atoms with Crippen LogP contribution in [-0.2, 0) is 0 Å². The summed E-state index contributed by atoms with van der Waals surface area (Å²) in [6.45, 7) is 0. The second-order valence-corrected chi connectivity index (χ2v) is 4.46. The molecule has 102 valence electrons. The molecule has 0 atom stereocenters. The molecule has 3 heterocycles. The highest BCUT2D eigenvalue weighted by Crippen LogP contribution is 2.16. The van der Waals surface area contributed by atoms with E-state index < -0.39 is 5.82 Å². The van der Waals surface area contributed by atoms with Gasteiger partial charge >= 0.3 is 0 Å². The van der Waals surface area contributed by atoms with Gasteiger partial charge in [0.15, 0.2) is 5.15 Å². The summed E-state index contributed by atoms with van der Waals surface area (Å²) in [7, 11) is 0. The van der Waals surface area contributed by atoms with Gasteiger partial charge in [0.1, 0.15) is 11.5 Å². The lowest BCUT2D eigenvalue weighted by Gasteiger charge is -1.98. The van der Waals surface area contributed by atoms with Crippen LogP contribution in [0.2, 0.25) is 5.15 Å². The van der Waals surface area contributed by atoms with Gasteiger partial charge in [-0.1, -0.05) is 23.6 Å². The molecule has 3 aromatic rings. The van der Waals surface area contributed by atoms with Gasteiger partial charge in [0.25, 0.3) is 0 Å². The molecule has 0 radical (unpaired) electrons. The van der Waals surface area contributed by atoms with E-state index in [1.165, 1.54) is 16.9 Å². The predicted molar refractivity (Wildman–Crippen MR) is 76.5 cm³/mol. The van der Waals surface area contributed by atoms with Crippen molar-refractivity contribution in [2.75, 3.05) is 0 Å². The molecule has 0 aliphatic heterocycles. The Bertz CT molecular complexity index is 834. The minimum atomic E-state index is -0.444. The largest absolute Gasteiger partial charge is 0.259 e. The Balaban J connectivity index is 1.94. The Morgan fingerprint density at radius 2 is 2.10 bits per heavy atom. The summed E-state index contributed by atoms with van der Waals surface area (Å²) in [5, 5.41) is 4.33. The molecule has 0 saturated carbocycles. The van der Waals surface area contributed by atoms with Crippen molar-refractivity contribution in [2.24, 2.45) is 0 Å². The third-order valence-corrected chi connectivity index (χ3v) is 2.89. The number of aromatic nitrogens is 4. The van der Waals surface area contributed by atoms with Gasteiger partial charge < -0.3 is 0 Å². The zero-order valence-corrected chi connectivity index (χ0v) is 11.4. The van der Waals surface area contributed by atoms with Gasteiger partial charge in [0.05, 0.1) is 23.6 Å². The first-order chi connectivity index (χ1) is 10.2. The van der Waals surface area contributed by atoms with Crippen molar-refractivity contribution in [2.45, 2.75) is 0 Å². The van der Waals surface area contributed by atoms with E-state index in [2.05, 4.69) is 26.9 Å². The Kier molecular flexibility index (Phi) is 3.63. The summed E-state index contributed by atoms with van der Waals surface area (Å²) in [5.41, 5.74) is 1.64. The minimum Gasteiger partial charge on any atom is -0.259 e. The van der Waals surface area contributed by atoms with Crippen molar-refractivity contribution >= 4 is 11.6 Å². The second kappa shape index (κ2) is 5.73. The summed E-state index contributed by atoms with van der Waals surface area (Å²) in [5.74, 6) is 5.34. The van der Waals surface area contributed by atoms with Gasteiger partial charge in [-0.2, -0.15) is 5.10 Å². The summed E-state index contributed by atoms with van der Waals surface area (Å²) in [4.78, 5) is 7.86. The van der Waals surface area contributed by atoms with Crippen LogP contribution in [0, 0.1) is 17.7 Å². The number of hydrogen-bond acceptors (Lipinski definition) is 3. The van der Waals surface area contributed by atoms with Gasteiger partial charge in [0, 0.05) is 18.5 Å². The monoisotopic (exact) mass is 298 g/mol. The topological polar surface area (TPSA) is 43.6 Å². The molecule has 0 saturated heterocycles. The minimum absolute atomic E-state index is 0.239. The first kappa shape index (κ1) is 13.3. The SMILES string of the molecule is Fc1cncc(-n2cc(C#Cc3ccccn3)c(Cl)n2)c1. The van der Waals surface area contributed by atoms with E-state index in [-0.39, 0.29) is 5.15 Å². The van der Waals surface area contributed by atoms with Crippen LogP contribution in [0.4, 0.5) is 4.39 Å². The van der Waals surface area contributed by atoms with E-state index in [0.29, 0.717) is 16.9 Å². The molecule has 4 nitrogen and oxygen atoms in total. The van der Waals surface area contributed by atoms with E-state index >= 15 is 0 Å². The van der Waals surface area contributed by atoms with Crippen LogP contribution in [-0.4, -0.2) is 19.7 Å². The third kappa shape index (κ3) is 3.07. The molecular weight excluding hydrogens is 291 g/mol. The van der Waals surface area contributed by atoms with E-state index in [0.717, 1.165) is 6.20 Å². The van der Waals surface area contributed by atoms with Crippen molar-refractivity contribution in [3.05, 3.63) is 71.3 Å². The fraction of sp³-hybridized carbons (Fsp3) is 0. The Labute approximate surface area is 125 Å². The molecule has 0 aromatic carbocycles. The van der Waals surface area contributed by atoms with E-state index in [1.807, 2.05) is 12.1 Å². The van der Waals surface area contributed by atoms with E-state index in [4.69, 9.17) is 11.6 Å². The van der Waals surface area contributed by atoms with Crippen LogP contribution in [0.3, 0.4) is 0 Å². The molecule has 21 heavy (non-hydrogen) atoms. The van der Waals surface area contributed by atoms with E-state index in [1.54, 1.807) is 18.5 Å². The van der Waals surface area contributed by atoms with E-state index in [9.17, 15) is 4.39 Å². The quantitative estimate of drug-likeness (QED) is 0.649. The summed E-state index contributed by atoms with van der Waals surface area (Å²) in [6.07, 6.45) is 5.89. The first-order valence-electron chi connectivity index (χ1n) is 6.01. The molecule has 0 aliphatic rings. The van der Waals surface area contributed by atoms with Crippen LogP contribution in [0.25, 0.3) is 5.69 Å². The normalized spacial score (nSPS) is 10.0. The molecule has 3 aromatic heterocycles. The molecular formula is C15H8ClFN4. The lowest BCUT2D eigenvalue weighted by molar-refractivity contribution is 0.618. The number of nitrogens with zero attached hydrogens (tertiary/aromatic N) is 4. The molecule has 0 fully saturated rings. The average Bonchev–Trinajstić information content (AvgIpc) is 2.87. The third-order valence-electron chi connectivity index (χ3n) is 2.61. The highest BCUT2D eigenvalue weighted by Gasteiger charge is 2.07. The van der Waals surface area contributed by atoms with Crippen LogP contribution in [0.1, 0.15) is 11.3 Å². The Morgan fingerprint density at radius 1 is 1.19 bits per heavy atom. The van der Waals surface area contributed by atoms with Gasteiger partial charge in [-0.3, -0.25) is 4.98 Å². The lowest BCUT2D eigenvalue weighted by atomic mass is 10.3. The summed E-state index contributed by atoms with van der Waals surface area (Å²) in [6, 6.07) is 6.77. The highest BCUT2D eigenvalue weighted by molar-refractivity contribution is 6.30. The number of halogens is 2. The average molecular weight is 299 g/mol. The summed E-state index contributed by atoms with van der Waals surface area (Å²) >= 11 is 6.03. The van der Waals surface area contributed by atoms with Crippen molar-refractivity contribution in [3.63, 3.8) is 0 Å². The molecule has 0 N–H and O–H groups in total. The number of rotatable bonds is 1. The molecule has 0 bridgehead atoms. The van der Waals surface area contributed by atoms with Crippen molar-refractivity contribution in [1.82, 2.24) is 19.7 Å². The smallest absolute Gasteiger partial charge is 0.167 e. The second-order valence-electron chi connectivity index (χ2n) is 4.10. The Morgan fingerprint density at radius 3 is 2.86 bits per heavy atom. The van der Waals surface area contributed by atoms with Crippen LogP contribution in [0.5, 0.6) is 0 Å². The summed E-state index contributed by atoms with van der Waals surface area (Å²) < 4.78 is 14.6. The zero-order chi connectivity index (χ0) is 14.7. The maximum Gasteiger partial charge on any atom is 0.167 e. The standard InChI is InChI=1S/C15H8ClFN4/c16-15-11(4-5-13-3-1-2-6-19-13)10-21(20-15)14-7-12(17)8-18-9-14/h1-3,6-10H. The van der Waals surface area contributed by atoms with Crippen molar-refractivity contribution in [3.8, 4) is 17.5 Å². The molecule has 6 heteroatoms. The van der Waals surface area contributed by atoms with Gasteiger partial charge in [0.2, 0.25) is 0 Å². The van der Waals surface area contributed by atoms with Gasteiger partial charge in [-0.15, -0.1) is 0 Å². The predicted octanol–water partition coefficient (Wildman–Crippen LogP) is 2.85. The molecule has 0 amide bonds. The number of pyridine rings is 2. The molecule has 0 aliphatic carbocycles. The molecule has 3 rings (SSSR count). The maximum atomic E-state index is 13.2. The maximum absolute atomic E-state index is 13.2. The van der Waals surface area contributed by atoms with Gasteiger partial charge in [-0.25, -0.2) is 14.1 Å². The highest BCUT2D eigenvalue weighted by atomic mass is 35.5. The molecule has 0 unspecified atom stereocenters. The fourth-order valence-corrected chi connectivity index (χ4v) is 1.84. The van der Waals surface area contributed by atoms with Crippen LogP contribution in [0.15, 0.2) is 49.1 Å². The van der Waals surface area contributed by atoms with Crippen LogP contribution >= 0.6 is 11.6 Å². The first-order valence-corrected chi connectivity index (χ1v) is 6.39. The fourth-order valence-electron chi connectivity index (χ4n) is 1.66. The lowest BCUT2D eigenvalue weighted by Crippen LogP contribution is -1.95. The zero-order valence-electron chi connectivity index (χ0n) is 10.7. The van der Waals surface area contributed by atoms with Crippen molar-refractivity contribution in [1.29, 1.82) is 0 Å². The van der Waals surface area contributed by atoms with Crippen molar-refractivity contribution < 1.29 is 4.39 Å². The Hall–Kier alpha value is -2.71.